The van der Waals surface area contributed by atoms with E-state index >= 15 is 0 Å². The SMILES string of the molecule is CSc1ccc(C)c(C(=O)Nc2ccc(N3CCC(C)C3)cc2)c1. The summed E-state index contributed by atoms with van der Waals surface area (Å²) in [7, 11) is 0. The van der Waals surface area contributed by atoms with Crippen LogP contribution in [0.15, 0.2) is 47.4 Å². The Labute approximate surface area is 148 Å². The first-order chi connectivity index (χ1) is 11.6. The molecule has 1 atom stereocenters. The Morgan fingerprint density at radius 1 is 1.21 bits per heavy atom. The number of aryl methyl sites for hydroxylation is 1. The van der Waals surface area contributed by atoms with Crippen molar-refractivity contribution >= 4 is 29.0 Å². The van der Waals surface area contributed by atoms with Crippen LogP contribution in [0.2, 0.25) is 0 Å². The molecule has 0 spiro atoms. The predicted octanol–water partition coefficient (Wildman–Crippen LogP) is 4.82. The van der Waals surface area contributed by atoms with E-state index in [2.05, 4.69) is 29.3 Å². The lowest BCUT2D eigenvalue weighted by atomic mass is 10.1. The van der Waals surface area contributed by atoms with Crippen molar-refractivity contribution in [2.75, 3.05) is 29.6 Å². The molecule has 2 aromatic rings. The van der Waals surface area contributed by atoms with E-state index in [1.807, 2.05) is 43.5 Å². The van der Waals surface area contributed by atoms with Crippen molar-refractivity contribution < 1.29 is 4.79 Å². The van der Waals surface area contributed by atoms with Crippen molar-refractivity contribution in [2.24, 2.45) is 5.92 Å². The van der Waals surface area contributed by atoms with E-state index in [0.29, 0.717) is 0 Å². The predicted molar refractivity (Wildman–Crippen MR) is 103 cm³/mol. The first-order valence-electron chi connectivity index (χ1n) is 8.38. The molecule has 1 saturated heterocycles. The Morgan fingerprint density at radius 2 is 1.96 bits per heavy atom. The van der Waals surface area contributed by atoms with Gasteiger partial charge in [-0.05, 0) is 67.5 Å². The summed E-state index contributed by atoms with van der Waals surface area (Å²) in [5.74, 6) is 0.710. The molecule has 4 heteroatoms. The second kappa shape index (κ2) is 7.31. The Bertz CT molecular complexity index is 727. The molecule has 0 bridgehead atoms. The number of anilines is 2. The number of hydrogen-bond acceptors (Lipinski definition) is 3. The fourth-order valence-corrected chi connectivity index (χ4v) is 3.54. The smallest absolute Gasteiger partial charge is 0.255 e. The van der Waals surface area contributed by atoms with E-state index in [1.54, 1.807) is 11.8 Å². The molecule has 0 saturated carbocycles. The van der Waals surface area contributed by atoms with Gasteiger partial charge in [-0.2, -0.15) is 0 Å². The summed E-state index contributed by atoms with van der Waals surface area (Å²) in [5, 5.41) is 3.01. The van der Waals surface area contributed by atoms with Crippen LogP contribution >= 0.6 is 11.8 Å². The molecule has 24 heavy (non-hydrogen) atoms. The largest absolute Gasteiger partial charge is 0.371 e. The maximum absolute atomic E-state index is 12.6. The zero-order chi connectivity index (χ0) is 17.1. The summed E-state index contributed by atoms with van der Waals surface area (Å²) < 4.78 is 0. The number of hydrogen-bond donors (Lipinski definition) is 1. The van der Waals surface area contributed by atoms with Crippen molar-refractivity contribution in [3.05, 3.63) is 53.6 Å². The van der Waals surface area contributed by atoms with Crippen LogP contribution in [0, 0.1) is 12.8 Å². The van der Waals surface area contributed by atoms with E-state index in [0.717, 1.165) is 40.7 Å². The first kappa shape index (κ1) is 16.9. The molecule has 1 unspecified atom stereocenters. The minimum atomic E-state index is -0.0501. The van der Waals surface area contributed by atoms with Gasteiger partial charge in [0, 0.05) is 34.9 Å². The Kier molecular flexibility index (Phi) is 5.14. The third kappa shape index (κ3) is 3.75. The molecule has 1 N–H and O–H groups in total. The fourth-order valence-electron chi connectivity index (χ4n) is 3.10. The first-order valence-corrected chi connectivity index (χ1v) is 9.60. The summed E-state index contributed by atoms with van der Waals surface area (Å²) in [6, 6.07) is 14.2. The highest BCUT2D eigenvalue weighted by atomic mass is 32.2. The Balaban J connectivity index is 1.71. The van der Waals surface area contributed by atoms with Gasteiger partial charge in [0.05, 0.1) is 0 Å². The number of nitrogens with zero attached hydrogens (tertiary/aromatic N) is 1. The van der Waals surface area contributed by atoms with Crippen LogP contribution in [0.1, 0.15) is 29.3 Å². The summed E-state index contributed by atoms with van der Waals surface area (Å²) in [4.78, 5) is 16.1. The molecule has 0 aliphatic carbocycles. The van der Waals surface area contributed by atoms with E-state index in [-0.39, 0.29) is 5.91 Å². The molecular formula is C20H24N2OS. The van der Waals surface area contributed by atoms with Crippen molar-refractivity contribution in [1.82, 2.24) is 0 Å². The zero-order valence-electron chi connectivity index (χ0n) is 14.5. The normalized spacial score (nSPS) is 17.1. The molecule has 126 valence electrons. The molecular weight excluding hydrogens is 316 g/mol. The summed E-state index contributed by atoms with van der Waals surface area (Å²) >= 11 is 1.65. The van der Waals surface area contributed by atoms with Crippen molar-refractivity contribution in [3.63, 3.8) is 0 Å². The lowest BCUT2D eigenvalue weighted by Crippen LogP contribution is -2.19. The van der Waals surface area contributed by atoms with Gasteiger partial charge >= 0.3 is 0 Å². The molecule has 0 radical (unpaired) electrons. The van der Waals surface area contributed by atoms with Gasteiger partial charge in [0.15, 0.2) is 0 Å². The van der Waals surface area contributed by atoms with E-state index in [4.69, 9.17) is 0 Å². The van der Waals surface area contributed by atoms with Gasteiger partial charge in [-0.1, -0.05) is 13.0 Å². The van der Waals surface area contributed by atoms with Crippen molar-refractivity contribution in [3.8, 4) is 0 Å². The number of rotatable bonds is 4. The van der Waals surface area contributed by atoms with Crippen LogP contribution in [0.5, 0.6) is 0 Å². The van der Waals surface area contributed by atoms with Crippen molar-refractivity contribution in [2.45, 2.75) is 25.2 Å². The van der Waals surface area contributed by atoms with Crippen LogP contribution in [0.25, 0.3) is 0 Å². The van der Waals surface area contributed by atoms with Gasteiger partial charge in [0.25, 0.3) is 5.91 Å². The molecule has 0 aromatic heterocycles. The lowest BCUT2D eigenvalue weighted by molar-refractivity contribution is 0.102. The molecule has 3 nitrogen and oxygen atoms in total. The Hall–Kier alpha value is -1.94. The van der Waals surface area contributed by atoms with Crippen LogP contribution in [-0.4, -0.2) is 25.3 Å². The summed E-state index contributed by atoms with van der Waals surface area (Å²) in [5.41, 5.74) is 3.80. The van der Waals surface area contributed by atoms with Gasteiger partial charge in [-0.25, -0.2) is 0 Å². The van der Waals surface area contributed by atoms with Crippen LogP contribution < -0.4 is 10.2 Å². The second-order valence-corrected chi connectivity index (χ2v) is 7.40. The second-order valence-electron chi connectivity index (χ2n) is 6.52. The number of benzene rings is 2. The van der Waals surface area contributed by atoms with Crippen LogP contribution in [0.3, 0.4) is 0 Å². The summed E-state index contributed by atoms with van der Waals surface area (Å²) in [6.45, 7) is 6.50. The monoisotopic (exact) mass is 340 g/mol. The van der Waals surface area contributed by atoms with Gasteiger partial charge < -0.3 is 10.2 Å². The molecule has 1 amide bonds. The third-order valence-electron chi connectivity index (χ3n) is 4.60. The number of amides is 1. The number of nitrogens with one attached hydrogen (secondary N) is 1. The molecule has 3 rings (SSSR count). The third-order valence-corrected chi connectivity index (χ3v) is 5.33. The van der Waals surface area contributed by atoms with Crippen molar-refractivity contribution in [1.29, 1.82) is 0 Å². The number of carbonyl (C=O) groups is 1. The van der Waals surface area contributed by atoms with Gasteiger partial charge in [0.2, 0.25) is 0 Å². The minimum absolute atomic E-state index is 0.0501. The number of thioether (sulfide) groups is 1. The summed E-state index contributed by atoms with van der Waals surface area (Å²) in [6.07, 6.45) is 3.27. The van der Waals surface area contributed by atoms with Crippen LogP contribution in [0.4, 0.5) is 11.4 Å². The topological polar surface area (TPSA) is 32.3 Å². The minimum Gasteiger partial charge on any atom is -0.371 e. The zero-order valence-corrected chi connectivity index (χ0v) is 15.3. The number of carbonyl (C=O) groups excluding carboxylic acids is 1. The quantitative estimate of drug-likeness (QED) is 0.810. The maximum Gasteiger partial charge on any atom is 0.255 e. The standard InChI is InChI=1S/C20H24N2OS/c1-14-10-11-22(13-14)17-7-5-16(6-8-17)21-20(23)19-12-18(24-3)9-4-15(19)2/h4-9,12,14H,10-11,13H2,1-3H3,(H,21,23). The lowest BCUT2D eigenvalue weighted by Gasteiger charge is -2.18. The average Bonchev–Trinajstić information content (AvgIpc) is 3.02. The molecule has 1 fully saturated rings. The van der Waals surface area contributed by atoms with Gasteiger partial charge in [0.1, 0.15) is 0 Å². The van der Waals surface area contributed by atoms with Crippen LogP contribution in [-0.2, 0) is 0 Å². The van der Waals surface area contributed by atoms with Gasteiger partial charge in [-0.3, -0.25) is 4.79 Å². The van der Waals surface area contributed by atoms with E-state index in [1.165, 1.54) is 12.1 Å². The highest BCUT2D eigenvalue weighted by molar-refractivity contribution is 7.98. The maximum atomic E-state index is 12.6. The van der Waals surface area contributed by atoms with Gasteiger partial charge in [-0.15, -0.1) is 11.8 Å². The Morgan fingerprint density at radius 3 is 2.58 bits per heavy atom. The highest BCUT2D eigenvalue weighted by Crippen LogP contribution is 2.25. The van der Waals surface area contributed by atoms with E-state index in [9.17, 15) is 4.79 Å². The molecule has 1 heterocycles. The molecule has 2 aromatic carbocycles. The highest BCUT2D eigenvalue weighted by Gasteiger charge is 2.18. The fraction of sp³-hybridized carbons (Fsp3) is 0.350. The van der Waals surface area contributed by atoms with E-state index < -0.39 is 0 Å². The molecule has 1 aliphatic heterocycles. The molecule has 1 aliphatic rings. The average molecular weight is 340 g/mol.